The van der Waals surface area contributed by atoms with E-state index in [1.54, 1.807) is 18.2 Å². The molecule has 0 radical (unpaired) electrons. The number of amides is 1. The monoisotopic (exact) mass is 464 g/mol. The van der Waals surface area contributed by atoms with Crippen molar-refractivity contribution in [1.29, 1.82) is 0 Å². The molecule has 33 heavy (non-hydrogen) atoms. The van der Waals surface area contributed by atoms with Crippen LogP contribution >= 0.6 is 0 Å². The molecule has 4 heterocycles. The predicted octanol–water partition coefficient (Wildman–Crippen LogP) is 4.17. The van der Waals surface area contributed by atoms with Gasteiger partial charge in [0.25, 0.3) is 5.91 Å². The Labute approximate surface area is 185 Å². The first-order valence-corrected chi connectivity index (χ1v) is 10.1. The second kappa shape index (κ2) is 7.73. The van der Waals surface area contributed by atoms with E-state index in [2.05, 4.69) is 15.7 Å². The Balaban J connectivity index is 1.50. The summed E-state index contributed by atoms with van der Waals surface area (Å²) in [6, 6.07) is 3.44. The average molecular weight is 464 g/mol. The van der Waals surface area contributed by atoms with Gasteiger partial charge in [-0.15, -0.1) is 0 Å². The topological polar surface area (TPSA) is 111 Å². The Morgan fingerprint density at radius 2 is 2.09 bits per heavy atom. The third kappa shape index (κ3) is 3.75. The van der Waals surface area contributed by atoms with Crippen molar-refractivity contribution in [2.45, 2.75) is 37.7 Å². The second-order valence-corrected chi connectivity index (χ2v) is 7.78. The zero-order chi connectivity index (χ0) is 23.3. The van der Waals surface area contributed by atoms with Gasteiger partial charge in [-0.25, -0.2) is 4.68 Å². The van der Waals surface area contributed by atoms with Gasteiger partial charge in [-0.1, -0.05) is 0 Å². The first kappa shape index (κ1) is 21.2. The molecule has 3 atom stereocenters. The molecule has 2 aliphatic heterocycles. The molecule has 174 valence electrons. The summed E-state index contributed by atoms with van der Waals surface area (Å²) in [5.74, 6) is 0.324. The van der Waals surface area contributed by atoms with Crippen LogP contribution in [-0.4, -0.2) is 33.8 Å². The van der Waals surface area contributed by atoms with Crippen LogP contribution in [0.1, 0.15) is 53.2 Å². The van der Waals surface area contributed by atoms with Crippen molar-refractivity contribution in [1.82, 2.24) is 9.78 Å². The lowest BCUT2D eigenvalue weighted by molar-refractivity contribution is -0.174. The van der Waals surface area contributed by atoms with Crippen LogP contribution in [0.2, 0.25) is 0 Å². The number of hydrogen-bond donors (Lipinski definition) is 3. The van der Waals surface area contributed by atoms with Crippen LogP contribution in [0.15, 0.2) is 41.1 Å². The number of alkyl halides is 3. The lowest BCUT2D eigenvalue weighted by Gasteiger charge is -2.32. The van der Waals surface area contributed by atoms with E-state index in [1.807, 2.05) is 0 Å². The number of benzene rings is 1. The number of aliphatic hydroxyl groups is 1. The number of carbonyl (C=O) groups is 1. The van der Waals surface area contributed by atoms with Gasteiger partial charge in [-0.3, -0.25) is 4.79 Å². The highest BCUT2D eigenvalue weighted by Crippen LogP contribution is 2.45. The van der Waals surface area contributed by atoms with Gasteiger partial charge in [-0.05, 0) is 25.1 Å². The van der Waals surface area contributed by atoms with Crippen molar-refractivity contribution < 1.29 is 37.0 Å². The lowest BCUT2D eigenvalue weighted by atomic mass is 10.0. The first-order chi connectivity index (χ1) is 15.7. The zero-order valence-corrected chi connectivity index (χ0v) is 17.2. The van der Waals surface area contributed by atoms with Gasteiger partial charge in [0.05, 0.1) is 30.3 Å². The van der Waals surface area contributed by atoms with E-state index in [-0.39, 0.29) is 30.3 Å². The highest BCUT2D eigenvalue weighted by atomic mass is 19.4. The summed E-state index contributed by atoms with van der Waals surface area (Å²) in [6.45, 7) is 1.51. The van der Waals surface area contributed by atoms with E-state index in [4.69, 9.17) is 13.9 Å². The maximum Gasteiger partial charge on any atom is 0.410 e. The molecule has 0 spiro atoms. The molecule has 5 rings (SSSR count). The quantitative estimate of drug-likeness (QED) is 0.532. The third-order valence-corrected chi connectivity index (χ3v) is 5.61. The Hall–Kier alpha value is -3.67. The van der Waals surface area contributed by atoms with Crippen molar-refractivity contribution in [3.05, 3.63) is 53.6 Å². The number of fused-ring (bicyclic) bond motifs is 2. The number of hydrogen-bond acceptors (Lipinski definition) is 7. The number of nitrogens with one attached hydrogen (secondary N) is 2. The number of aliphatic hydroxyl groups excluding tert-OH is 1. The maximum atomic E-state index is 13.8. The number of rotatable bonds is 4. The minimum Gasteiger partial charge on any atom is -0.467 e. The molecule has 12 heteroatoms. The molecular weight excluding hydrogens is 445 g/mol. The molecule has 3 N–H and O–H groups in total. The predicted molar refractivity (Wildman–Crippen MR) is 108 cm³/mol. The van der Waals surface area contributed by atoms with Crippen LogP contribution < -0.4 is 20.1 Å². The molecule has 1 aromatic carbocycles. The minimum atomic E-state index is -4.59. The fourth-order valence-electron chi connectivity index (χ4n) is 4.01. The summed E-state index contributed by atoms with van der Waals surface area (Å²) in [5.41, 5.74) is 0.517. The number of furan rings is 1. The van der Waals surface area contributed by atoms with Crippen molar-refractivity contribution in [3.63, 3.8) is 0 Å². The SMILES string of the molecule is C[C@@H](O)c1cc2c(cc1NC(=O)c1cnn3c1N[C@@H](c1ccco1)C[C@@H]3C(F)(F)F)OCO2. The molecule has 3 aromatic rings. The molecule has 9 nitrogen and oxygen atoms in total. The molecule has 2 aliphatic rings. The van der Waals surface area contributed by atoms with Gasteiger partial charge in [0.2, 0.25) is 6.79 Å². The number of halogens is 3. The van der Waals surface area contributed by atoms with Crippen molar-refractivity contribution in [2.24, 2.45) is 0 Å². The van der Waals surface area contributed by atoms with Crippen LogP contribution in [0, 0.1) is 0 Å². The number of ether oxygens (including phenoxy) is 2. The van der Waals surface area contributed by atoms with Crippen LogP contribution in [0.3, 0.4) is 0 Å². The van der Waals surface area contributed by atoms with Crippen molar-refractivity contribution in [3.8, 4) is 11.5 Å². The minimum absolute atomic E-state index is 0.000179. The number of anilines is 2. The van der Waals surface area contributed by atoms with Crippen LogP contribution in [0.5, 0.6) is 11.5 Å². The third-order valence-electron chi connectivity index (χ3n) is 5.61. The molecule has 0 saturated heterocycles. The number of carbonyl (C=O) groups excluding carboxylic acids is 1. The summed E-state index contributed by atoms with van der Waals surface area (Å²) < 4.78 is 58.0. The van der Waals surface area contributed by atoms with Crippen molar-refractivity contribution >= 4 is 17.4 Å². The number of aromatic nitrogens is 2. The molecule has 1 amide bonds. The first-order valence-electron chi connectivity index (χ1n) is 10.1. The Kier molecular flexibility index (Phi) is 4.96. The molecule has 0 fully saturated rings. The maximum absolute atomic E-state index is 13.8. The largest absolute Gasteiger partial charge is 0.467 e. The smallest absolute Gasteiger partial charge is 0.410 e. The van der Waals surface area contributed by atoms with E-state index in [1.165, 1.54) is 19.3 Å². The lowest BCUT2D eigenvalue weighted by Crippen LogP contribution is -2.36. The normalized spacial score (nSPS) is 20.2. The highest BCUT2D eigenvalue weighted by Gasteiger charge is 2.47. The Bertz CT molecular complexity index is 1190. The molecular formula is C21H19F3N4O5. The molecule has 2 aromatic heterocycles. The van der Waals surface area contributed by atoms with E-state index in [9.17, 15) is 23.1 Å². The van der Waals surface area contributed by atoms with Crippen LogP contribution in [0.4, 0.5) is 24.7 Å². The van der Waals surface area contributed by atoms with Crippen LogP contribution in [0.25, 0.3) is 0 Å². The fraction of sp³-hybridized carbons (Fsp3) is 0.333. The molecule has 0 bridgehead atoms. The van der Waals surface area contributed by atoms with Gasteiger partial charge in [-0.2, -0.15) is 18.3 Å². The highest BCUT2D eigenvalue weighted by molar-refractivity contribution is 6.08. The molecule has 0 aliphatic carbocycles. The second-order valence-electron chi connectivity index (χ2n) is 7.78. The van der Waals surface area contributed by atoms with Crippen molar-refractivity contribution in [2.75, 3.05) is 17.4 Å². The molecule has 0 unspecified atom stereocenters. The van der Waals surface area contributed by atoms with Gasteiger partial charge in [0.15, 0.2) is 17.5 Å². The van der Waals surface area contributed by atoms with Gasteiger partial charge in [0.1, 0.15) is 17.1 Å². The van der Waals surface area contributed by atoms with Crippen LogP contribution in [-0.2, 0) is 0 Å². The summed E-state index contributed by atoms with van der Waals surface area (Å²) in [4.78, 5) is 13.1. The van der Waals surface area contributed by atoms with E-state index in [0.29, 0.717) is 22.8 Å². The Morgan fingerprint density at radius 1 is 1.33 bits per heavy atom. The average Bonchev–Trinajstić information content (AvgIpc) is 3.50. The zero-order valence-electron chi connectivity index (χ0n) is 17.2. The standard InChI is InChI=1S/C21H19F3N4O5/c1-10(29)11-5-16-17(33-9-32-16)6-13(11)27-20(30)12-8-25-28-18(21(22,23)24)7-14(26-19(12)28)15-3-2-4-31-15/h2-6,8,10,14,18,26,29H,7,9H2,1H3,(H,27,30)/t10-,14-,18-/m1/s1. The van der Waals surface area contributed by atoms with E-state index in [0.717, 1.165) is 10.9 Å². The molecule has 0 saturated carbocycles. The van der Waals surface area contributed by atoms with E-state index < -0.39 is 30.3 Å². The van der Waals surface area contributed by atoms with Gasteiger partial charge in [0, 0.05) is 18.1 Å². The summed E-state index contributed by atoms with van der Waals surface area (Å²) >= 11 is 0. The number of nitrogens with zero attached hydrogens (tertiary/aromatic N) is 2. The summed E-state index contributed by atoms with van der Waals surface area (Å²) in [6.07, 6.45) is -3.43. The summed E-state index contributed by atoms with van der Waals surface area (Å²) in [7, 11) is 0. The Morgan fingerprint density at radius 3 is 2.76 bits per heavy atom. The fourth-order valence-corrected chi connectivity index (χ4v) is 4.01. The van der Waals surface area contributed by atoms with E-state index >= 15 is 0 Å². The van der Waals surface area contributed by atoms with Gasteiger partial charge < -0.3 is 29.6 Å². The summed E-state index contributed by atoms with van der Waals surface area (Å²) in [5, 5.41) is 19.6. The van der Waals surface area contributed by atoms with Gasteiger partial charge >= 0.3 is 6.18 Å².